The monoisotopic (exact) mass is 457 g/mol. The summed E-state index contributed by atoms with van der Waals surface area (Å²) in [4.78, 5) is 34.5. The third-order valence-electron chi connectivity index (χ3n) is 6.17. The summed E-state index contributed by atoms with van der Waals surface area (Å²) in [6.45, 7) is 1.90. The zero-order valence-corrected chi connectivity index (χ0v) is 18.8. The van der Waals surface area contributed by atoms with Gasteiger partial charge in [0.05, 0.1) is 24.9 Å². The summed E-state index contributed by atoms with van der Waals surface area (Å²) in [5.74, 6) is 0.0293. The molecule has 31 heavy (non-hydrogen) atoms. The molecule has 1 fully saturated rings. The molecule has 0 N–H and O–H groups in total. The largest absolute Gasteiger partial charge is 0.370 e. The summed E-state index contributed by atoms with van der Waals surface area (Å²) in [7, 11) is 0. The normalized spacial score (nSPS) is 18.9. The first-order valence-corrected chi connectivity index (χ1v) is 11.9. The number of morpholine rings is 1. The van der Waals surface area contributed by atoms with Crippen molar-refractivity contribution in [2.75, 3.05) is 19.7 Å². The predicted octanol–water partition coefficient (Wildman–Crippen LogP) is 3.98. The minimum absolute atomic E-state index is 0.0155. The van der Waals surface area contributed by atoms with Crippen molar-refractivity contribution < 1.29 is 9.53 Å². The summed E-state index contributed by atoms with van der Waals surface area (Å²) in [5, 5.41) is 1.44. The van der Waals surface area contributed by atoms with E-state index >= 15 is 0 Å². The van der Waals surface area contributed by atoms with Crippen molar-refractivity contribution in [2.24, 2.45) is 0 Å². The van der Waals surface area contributed by atoms with Gasteiger partial charge in [-0.15, -0.1) is 11.3 Å². The molecule has 8 heteroatoms. The Morgan fingerprint density at radius 3 is 2.87 bits per heavy atom. The number of hydrogen-bond acceptors (Lipinski definition) is 5. The standard InChI is InChI=1S/C23H24ClN3O3S/c24-16-7-5-15(6-8-16)18-13-26(11-12-30-18)20(28)9-10-27-14-25-22-21(23(27)29)17-3-1-2-4-19(17)31-22/h5-8,14,18H,1-4,9-13H2. The summed E-state index contributed by atoms with van der Waals surface area (Å²) in [6.07, 6.45) is 6.00. The summed E-state index contributed by atoms with van der Waals surface area (Å²) in [6, 6.07) is 7.53. The zero-order chi connectivity index (χ0) is 21.4. The van der Waals surface area contributed by atoms with Crippen LogP contribution < -0.4 is 5.56 Å². The van der Waals surface area contributed by atoms with Crippen LogP contribution in [-0.4, -0.2) is 40.1 Å². The van der Waals surface area contributed by atoms with E-state index in [0.717, 1.165) is 35.0 Å². The van der Waals surface area contributed by atoms with Crippen molar-refractivity contribution in [2.45, 2.75) is 44.8 Å². The SMILES string of the molecule is O=C(CCn1cnc2sc3c(c2c1=O)CCCC3)N1CCOC(c2ccc(Cl)cc2)C1. The Kier molecular flexibility index (Phi) is 5.82. The number of carbonyl (C=O) groups excluding carboxylic acids is 1. The Labute approximate surface area is 189 Å². The molecule has 1 aromatic carbocycles. The lowest BCUT2D eigenvalue weighted by atomic mass is 9.97. The van der Waals surface area contributed by atoms with Crippen LogP contribution in [0.3, 0.4) is 0 Å². The van der Waals surface area contributed by atoms with Crippen LogP contribution >= 0.6 is 22.9 Å². The smallest absolute Gasteiger partial charge is 0.262 e. The Morgan fingerprint density at radius 2 is 2.03 bits per heavy atom. The molecule has 162 valence electrons. The second-order valence-corrected chi connectivity index (χ2v) is 9.65. The number of carbonyl (C=O) groups is 1. The van der Waals surface area contributed by atoms with Crippen molar-refractivity contribution in [3.63, 3.8) is 0 Å². The third-order valence-corrected chi connectivity index (χ3v) is 7.62. The molecule has 1 amide bonds. The maximum Gasteiger partial charge on any atom is 0.262 e. The first-order chi connectivity index (χ1) is 15.1. The van der Waals surface area contributed by atoms with E-state index in [1.165, 1.54) is 16.9 Å². The number of aryl methyl sites for hydroxylation is 3. The van der Waals surface area contributed by atoms with Crippen molar-refractivity contribution in [3.05, 3.63) is 62.0 Å². The van der Waals surface area contributed by atoms with Crippen molar-refractivity contribution in [1.29, 1.82) is 0 Å². The van der Waals surface area contributed by atoms with Crippen LogP contribution in [0.1, 0.15) is 41.4 Å². The fourth-order valence-corrected chi connectivity index (χ4v) is 5.82. The van der Waals surface area contributed by atoms with Gasteiger partial charge in [0.25, 0.3) is 5.56 Å². The fourth-order valence-electron chi connectivity index (χ4n) is 4.47. The Hall–Kier alpha value is -2.22. The van der Waals surface area contributed by atoms with Crippen molar-refractivity contribution in [3.8, 4) is 0 Å². The molecule has 1 unspecified atom stereocenters. The number of fused-ring (bicyclic) bond motifs is 3. The minimum Gasteiger partial charge on any atom is -0.370 e. The number of nitrogens with zero attached hydrogens (tertiary/aromatic N) is 3. The van der Waals surface area contributed by atoms with E-state index in [4.69, 9.17) is 16.3 Å². The molecule has 5 rings (SSSR count). The average Bonchev–Trinajstić information content (AvgIpc) is 3.18. The first-order valence-electron chi connectivity index (χ1n) is 10.7. The quantitative estimate of drug-likeness (QED) is 0.594. The molecular weight excluding hydrogens is 434 g/mol. The highest BCUT2D eigenvalue weighted by molar-refractivity contribution is 7.18. The van der Waals surface area contributed by atoms with Gasteiger partial charge in [-0.05, 0) is 48.9 Å². The molecule has 1 atom stereocenters. The molecule has 1 saturated heterocycles. The van der Waals surface area contributed by atoms with Gasteiger partial charge >= 0.3 is 0 Å². The second kappa shape index (κ2) is 8.73. The van der Waals surface area contributed by atoms with E-state index in [0.29, 0.717) is 31.3 Å². The fraction of sp³-hybridized carbons (Fsp3) is 0.435. The third kappa shape index (κ3) is 4.14. The van der Waals surface area contributed by atoms with Gasteiger partial charge in [0.15, 0.2) is 0 Å². The van der Waals surface area contributed by atoms with Crippen LogP contribution in [-0.2, 0) is 28.9 Å². The highest BCUT2D eigenvalue weighted by atomic mass is 35.5. The number of benzene rings is 1. The summed E-state index contributed by atoms with van der Waals surface area (Å²) in [5.41, 5.74) is 2.18. The number of thiophene rings is 1. The molecule has 6 nitrogen and oxygen atoms in total. The molecule has 0 radical (unpaired) electrons. The predicted molar refractivity (Wildman–Crippen MR) is 122 cm³/mol. The zero-order valence-electron chi connectivity index (χ0n) is 17.2. The molecule has 3 aromatic rings. The second-order valence-electron chi connectivity index (χ2n) is 8.13. The van der Waals surface area contributed by atoms with E-state index in [9.17, 15) is 9.59 Å². The van der Waals surface area contributed by atoms with E-state index in [1.807, 2.05) is 29.2 Å². The Bertz CT molecular complexity index is 1170. The highest BCUT2D eigenvalue weighted by Gasteiger charge is 2.26. The lowest BCUT2D eigenvalue weighted by Gasteiger charge is -2.33. The molecule has 1 aliphatic heterocycles. The topological polar surface area (TPSA) is 64.4 Å². The molecule has 0 bridgehead atoms. The Balaban J connectivity index is 1.28. The molecular formula is C23H24ClN3O3S. The molecule has 0 spiro atoms. The lowest BCUT2D eigenvalue weighted by molar-refractivity contribution is -0.139. The van der Waals surface area contributed by atoms with Gasteiger partial charge in [0.1, 0.15) is 10.9 Å². The van der Waals surface area contributed by atoms with Gasteiger partial charge in [-0.3, -0.25) is 14.2 Å². The van der Waals surface area contributed by atoms with Crippen LogP contribution in [0.2, 0.25) is 5.02 Å². The van der Waals surface area contributed by atoms with Crippen LogP contribution in [0.25, 0.3) is 10.2 Å². The first kappa shape index (κ1) is 20.7. The van der Waals surface area contributed by atoms with E-state index in [1.54, 1.807) is 22.2 Å². The number of halogens is 1. The van der Waals surface area contributed by atoms with Crippen molar-refractivity contribution >= 4 is 39.1 Å². The van der Waals surface area contributed by atoms with Gasteiger partial charge in [-0.2, -0.15) is 0 Å². The van der Waals surface area contributed by atoms with Gasteiger partial charge in [0, 0.05) is 29.4 Å². The maximum atomic E-state index is 13.1. The van der Waals surface area contributed by atoms with E-state index in [2.05, 4.69) is 4.98 Å². The van der Waals surface area contributed by atoms with Gasteiger partial charge in [-0.1, -0.05) is 23.7 Å². The molecule has 2 aliphatic rings. The maximum absolute atomic E-state index is 13.1. The van der Waals surface area contributed by atoms with Crippen LogP contribution in [0.15, 0.2) is 35.4 Å². The molecule has 3 heterocycles. The lowest BCUT2D eigenvalue weighted by Crippen LogP contribution is -2.42. The van der Waals surface area contributed by atoms with Crippen molar-refractivity contribution in [1.82, 2.24) is 14.5 Å². The van der Waals surface area contributed by atoms with E-state index < -0.39 is 0 Å². The molecule has 2 aromatic heterocycles. The van der Waals surface area contributed by atoms with Crippen LogP contribution in [0.4, 0.5) is 0 Å². The van der Waals surface area contributed by atoms with Gasteiger partial charge < -0.3 is 9.64 Å². The number of amides is 1. The number of aromatic nitrogens is 2. The number of ether oxygens (including phenoxy) is 1. The van der Waals surface area contributed by atoms with Crippen LogP contribution in [0.5, 0.6) is 0 Å². The number of hydrogen-bond donors (Lipinski definition) is 0. The number of rotatable bonds is 4. The molecule has 1 aliphatic carbocycles. The minimum atomic E-state index is -0.159. The summed E-state index contributed by atoms with van der Waals surface area (Å²) < 4.78 is 7.45. The van der Waals surface area contributed by atoms with Gasteiger partial charge in [0.2, 0.25) is 5.91 Å². The average molecular weight is 458 g/mol. The molecule has 0 saturated carbocycles. The highest BCUT2D eigenvalue weighted by Crippen LogP contribution is 2.33. The van der Waals surface area contributed by atoms with E-state index in [-0.39, 0.29) is 24.0 Å². The Morgan fingerprint density at radius 1 is 1.23 bits per heavy atom. The van der Waals surface area contributed by atoms with Crippen LogP contribution in [0, 0.1) is 0 Å². The van der Waals surface area contributed by atoms with Gasteiger partial charge in [-0.25, -0.2) is 4.98 Å². The summed E-state index contributed by atoms with van der Waals surface area (Å²) >= 11 is 7.62.